The summed E-state index contributed by atoms with van der Waals surface area (Å²) in [6.07, 6.45) is 3.89. The van der Waals surface area contributed by atoms with Crippen molar-refractivity contribution < 1.29 is 14.5 Å². The summed E-state index contributed by atoms with van der Waals surface area (Å²) in [7, 11) is 0. The van der Waals surface area contributed by atoms with Crippen molar-refractivity contribution in [3.63, 3.8) is 0 Å². The van der Waals surface area contributed by atoms with Crippen LogP contribution in [0.3, 0.4) is 0 Å². The standard InChI is InChI=1S/C22H18N4O4/c1-15-8-9-21-23-18(13-25(21)12-15)14-30-20-7-2-4-16(10-20)22(27)24-17-5-3-6-19(11-17)26(28)29/h2-13H,14H2,1H3,(H,24,27). The maximum Gasteiger partial charge on any atom is 0.271 e. The van der Waals surface area contributed by atoms with Gasteiger partial charge in [0.05, 0.1) is 10.6 Å². The molecule has 0 radical (unpaired) electrons. The number of ether oxygens (including phenoxy) is 1. The Balaban J connectivity index is 1.44. The predicted molar refractivity (Wildman–Crippen MR) is 112 cm³/mol. The molecule has 0 atom stereocenters. The zero-order valence-corrected chi connectivity index (χ0v) is 16.1. The van der Waals surface area contributed by atoms with Gasteiger partial charge < -0.3 is 14.5 Å². The fourth-order valence-corrected chi connectivity index (χ4v) is 3.01. The molecule has 30 heavy (non-hydrogen) atoms. The van der Waals surface area contributed by atoms with Gasteiger partial charge in [-0.2, -0.15) is 0 Å². The molecule has 0 aliphatic rings. The summed E-state index contributed by atoms with van der Waals surface area (Å²) in [4.78, 5) is 27.4. The molecule has 0 spiro atoms. The Labute approximate surface area is 171 Å². The van der Waals surface area contributed by atoms with Crippen LogP contribution in [0.1, 0.15) is 21.6 Å². The molecule has 0 aliphatic heterocycles. The second kappa shape index (κ2) is 8.04. The van der Waals surface area contributed by atoms with Crippen LogP contribution in [0.4, 0.5) is 11.4 Å². The van der Waals surface area contributed by atoms with Gasteiger partial charge in [-0.15, -0.1) is 0 Å². The predicted octanol–water partition coefficient (Wildman–Crippen LogP) is 4.38. The summed E-state index contributed by atoms with van der Waals surface area (Å²) in [5, 5.41) is 13.5. The number of benzene rings is 2. The first-order chi connectivity index (χ1) is 14.5. The maximum absolute atomic E-state index is 12.5. The van der Waals surface area contributed by atoms with Gasteiger partial charge in [-0.1, -0.05) is 18.2 Å². The van der Waals surface area contributed by atoms with Gasteiger partial charge in [0.1, 0.15) is 18.0 Å². The van der Waals surface area contributed by atoms with E-state index < -0.39 is 4.92 Å². The van der Waals surface area contributed by atoms with E-state index in [1.54, 1.807) is 30.3 Å². The Kier molecular flexibility index (Phi) is 5.13. The lowest BCUT2D eigenvalue weighted by molar-refractivity contribution is -0.384. The third kappa shape index (κ3) is 4.27. The number of aromatic nitrogens is 2. The highest BCUT2D eigenvalue weighted by molar-refractivity contribution is 6.04. The van der Waals surface area contributed by atoms with Crippen LogP contribution in [0, 0.1) is 17.0 Å². The van der Waals surface area contributed by atoms with Gasteiger partial charge in [-0.3, -0.25) is 14.9 Å². The van der Waals surface area contributed by atoms with Crippen molar-refractivity contribution in [2.24, 2.45) is 0 Å². The van der Waals surface area contributed by atoms with Crippen molar-refractivity contribution >= 4 is 22.9 Å². The van der Waals surface area contributed by atoms with E-state index >= 15 is 0 Å². The van der Waals surface area contributed by atoms with E-state index in [1.807, 2.05) is 35.9 Å². The number of rotatable bonds is 6. The molecule has 0 fully saturated rings. The number of imidazole rings is 1. The molecule has 150 valence electrons. The molecule has 0 saturated carbocycles. The van der Waals surface area contributed by atoms with Gasteiger partial charge in [0.15, 0.2) is 0 Å². The minimum atomic E-state index is -0.509. The molecule has 2 aromatic heterocycles. The number of fused-ring (bicyclic) bond motifs is 1. The van der Waals surface area contributed by atoms with Crippen LogP contribution in [0.25, 0.3) is 5.65 Å². The Morgan fingerprint density at radius 3 is 2.80 bits per heavy atom. The molecular formula is C22H18N4O4. The topological polar surface area (TPSA) is 98.8 Å². The van der Waals surface area contributed by atoms with E-state index in [4.69, 9.17) is 4.74 Å². The Bertz CT molecular complexity index is 1250. The van der Waals surface area contributed by atoms with E-state index in [-0.39, 0.29) is 18.2 Å². The van der Waals surface area contributed by atoms with Crippen LogP contribution in [0.5, 0.6) is 5.75 Å². The fraction of sp³-hybridized carbons (Fsp3) is 0.0909. The van der Waals surface area contributed by atoms with Gasteiger partial charge in [-0.05, 0) is 42.8 Å². The van der Waals surface area contributed by atoms with Crippen LogP contribution in [-0.4, -0.2) is 20.2 Å². The number of hydrogen-bond donors (Lipinski definition) is 1. The third-order valence-corrected chi connectivity index (χ3v) is 4.45. The molecule has 0 bridgehead atoms. The van der Waals surface area contributed by atoms with Gasteiger partial charge in [0.2, 0.25) is 0 Å². The van der Waals surface area contributed by atoms with Gasteiger partial charge >= 0.3 is 0 Å². The Morgan fingerprint density at radius 1 is 1.13 bits per heavy atom. The maximum atomic E-state index is 12.5. The summed E-state index contributed by atoms with van der Waals surface area (Å²) in [6.45, 7) is 2.27. The molecule has 0 unspecified atom stereocenters. The fourth-order valence-electron chi connectivity index (χ4n) is 3.01. The van der Waals surface area contributed by atoms with Crippen molar-refractivity contribution in [2.75, 3.05) is 5.32 Å². The second-order valence-electron chi connectivity index (χ2n) is 6.78. The van der Waals surface area contributed by atoms with Gasteiger partial charge in [-0.25, -0.2) is 4.98 Å². The quantitative estimate of drug-likeness (QED) is 0.381. The van der Waals surface area contributed by atoms with Crippen LogP contribution < -0.4 is 10.1 Å². The number of carbonyl (C=O) groups is 1. The first-order valence-electron chi connectivity index (χ1n) is 9.21. The van der Waals surface area contributed by atoms with Crippen molar-refractivity contribution in [1.82, 2.24) is 9.38 Å². The highest BCUT2D eigenvalue weighted by atomic mass is 16.6. The summed E-state index contributed by atoms with van der Waals surface area (Å²) in [6, 6.07) is 16.5. The molecule has 4 rings (SSSR count). The number of hydrogen-bond acceptors (Lipinski definition) is 5. The third-order valence-electron chi connectivity index (χ3n) is 4.45. The highest BCUT2D eigenvalue weighted by Crippen LogP contribution is 2.20. The first-order valence-corrected chi connectivity index (χ1v) is 9.21. The number of anilines is 1. The van der Waals surface area contributed by atoms with Crippen molar-refractivity contribution in [2.45, 2.75) is 13.5 Å². The largest absolute Gasteiger partial charge is 0.487 e. The van der Waals surface area contributed by atoms with E-state index in [9.17, 15) is 14.9 Å². The minimum absolute atomic E-state index is 0.0902. The normalized spacial score (nSPS) is 10.7. The molecule has 0 aliphatic carbocycles. The molecule has 0 saturated heterocycles. The smallest absolute Gasteiger partial charge is 0.271 e. The first kappa shape index (κ1) is 19.1. The van der Waals surface area contributed by atoms with Crippen LogP contribution in [-0.2, 0) is 6.61 Å². The lowest BCUT2D eigenvalue weighted by atomic mass is 10.2. The number of nitro benzene ring substituents is 1. The van der Waals surface area contributed by atoms with Crippen molar-refractivity contribution in [3.05, 3.63) is 100.0 Å². The molecule has 2 aromatic carbocycles. The van der Waals surface area contributed by atoms with Gasteiger partial charge in [0, 0.05) is 35.8 Å². The molecule has 2 heterocycles. The number of amides is 1. The molecular weight excluding hydrogens is 384 g/mol. The average molecular weight is 402 g/mol. The summed E-state index contributed by atoms with van der Waals surface area (Å²) in [5.74, 6) is 0.138. The molecule has 1 amide bonds. The highest BCUT2D eigenvalue weighted by Gasteiger charge is 2.11. The number of nitrogens with zero attached hydrogens (tertiary/aromatic N) is 3. The zero-order valence-electron chi connectivity index (χ0n) is 16.1. The second-order valence-corrected chi connectivity index (χ2v) is 6.78. The van der Waals surface area contributed by atoms with Crippen LogP contribution in [0.2, 0.25) is 0 Å². The lowest BCUT2D eigenvalue weighted by Gasteiger charge is -2.08. The molecule has 8 nitrogen and oxygen atoms in total. The van der Waals surface area contributed by atoms with Gasteiger partial charge in [0.25, 0.3) is 11.6 Å². The molecule has 1 N–H and O–H groups in total. The van der Waals surface area contributed by atoms with Crippen molar-refractivity contribution in [1.29, 1.82) is 0 Å². The minimum Gasteiger partial charge on any atom is -0.487 e. The summed E-state index contributed by atoms with van der Waals surface area (Å²) in [5.41, 5.74) is 3.38. The number of non-ortho nitro benzene ring substituents is 1. The summed E-state index contributed by atoms with van der Waals surface area (Å²) >= 11 is 0. The van der Waals surface area contributed by atoms with Crippen LogP contribution in [0.15, 0.2) is 73.1 Å². The van der Waals surface area contributed by atoms with E-state index in [1.165, 1.54) is 18.2 Å². The SMILES string of the molecule is Cc1ccc2nc(COc3cccc(C(=O)Nc4cccc([N+](=O)[O-])c4)c3)cn2c1. The number of pyridine rings is 1. The Morgan fingerprint density at radius 2 is 1.97 bits per heavy atom. The number of nitro groups is 1. The van der Waals surface area contributed by atoms with Crippen molar-refractivity contribution in [3.8, 4) is 5.75 Å². The zero-order chi connectivity index (χ0) is 21.1. The lowest BCUT2D eigenvalue weighted by Crippen LogP contribution is -2.12. The number of aryl methyl sites for hydroxylation is 1. The van der Waals surface area contributed by atoms with E-state index in [0.29, 0.717) is 17.0 Å². The Hall–Kier alpha value is -4.20. The van der Waals surface area contributed by atoms with E-state index in [2.05, 4.69) is 10.3 Å². The van der Waals surface area contributed by atoms with Crippen LogP contribution >= 0.6 is 0 Å². The number of carbonyl (C=O) groups excluding carboxylic acids is 1. The molecule has 8 heteroatoms. The number of nitrogens with one attached hydrogen (secondary N) is 1. The average Bonchev–Trinajstić information content (AvgIpc) is 3.14. The monoisotopic (exact) mass is 402 g/mol. The molecule has 4 aromatic rings. The van der Waals surface area contributed by atoms with E-state index in [0.717, 1.165) is 16.9 Å². The summed E-state index contributed by atoms with van der Waals surface area (Å²) < 4.78 is 7.74.